The molecular formula is C14H26O5Si. The lowest BCUT2D eigenvalue weighted by atomic mass is 10.0. The minimum atomic E-state index is -1.81. The predicted molar refractivity (Wildman–Crippen MR) is 80.4 cm³/mol. The van der Waals surface area contributed by atoms with Crippen molar-refractivity contribution in [1.82, 2.24) is 0 Å². The maximum atomic E-state index is 10.7. The quantitative estimate of drug-likeness (QED) is 0.323. The second-order valence-corrected chi connectivity index (χ2v) is 9.86. The first-order valence-corrected chi connectivity index (χ1v) is 9.70. The van der Waals surface area contributed by atoms with Gasteiger partial charge in [0.1, 0.15) is 5.76 Å². The average molecular weight is 302 g/mol. The lowest BCUT2D eigenvalue weighted by Crippen LogP contribution is -2.35. The molecule has 0 aliphatic heterocycles. The fraction of sp³-hybridized carbons (Fsp3) is 0.643. The Bertz CT molecular complexity index is 400. The number of methoxy groups -OCH3 is 2. The number of hydrogen-bond donors (Lipinski definition) is 1. The molecule has 1 unspecified atom stereocenters. The molecule has 0 amide bonds. The van der Waals surface area contributed by atoms with E-state index in [1.54, 1.807) is 6.92 Å². The van der Waals surface area contributed by atoms with Crippen LogP contribution in [0.25, 0.3) is 0 Å². The molecule has 6 heteroatoms. The zero-order valence-electron chi connectivity index (χ0n) is 13.5. The molecule has 0 bridgehead atoms. The van der Waals surface area contributed by atoms with Gasteiger partial charge in [0.05, 0.1) is 7.11 Å². The smallest absolute Gasteiger partial charge is 0.241 e. The van der Waals surface area contributed by atoms with Gasteiger partial charge in [-0.2, -0.15) is 0 Å². The summed E-state index contributed by atoms with van der Waals surface area (Å²) in [5.41, 5.74) is 1.04. The first kappa shape index (κ1) is 18.8. The van der Waals surface area contributed by atoms with Crippen molar-refractivity contribution in [3.8, 4) is 0 Å². The molecule has 0 aliphatic rings. The second-order valence-electron chi connectivity index (χ2n) is 5.43. The molecule has 0 heterocycles. The Labute approximate surface area is 122 Å². The van der Waals surface area contributed by atoms with Crippen molar-refractivity contribution >= 4 is 8.32 Å². The van der Waals surface area contributed by atoms with Crippen molar-refractivity contribution in [3.63, 3.8) is 0 Å². The molecule has 0 spiro atoms. The largest absolute Gasteiger partial charge is 0.545 e. The molecule has 0 rings (SSSR count). The number of hydrogen-bond acceptors (Lipinski definition) is 5. The van der Waals surface area contributed by atoms with Crippen LogP contribution in [0, 0.1) is 0 Å². The molecular weight excluding hydrogens is 276 g/mol. The Hall–Kier alpha value is -1.20. The highest BCUT2D eigenvalue weighted by molar-refractivity contribution is 6.70. The minimum Gasteiger partial charge on any atom is -0.545 e. The van der Waals surface area contributed by atoms with Crippen molar-refractivity contribution in [2.24, 2.45) is 0 Å². The molecule has 0 radical (unpaired) electrons. The van der Waals surface area contributed by atoms with Gasteiger partial charge in [-0.3, -0.25) is 0 Å². The zero-order chi connectivity index (χ0) is 16.0. The lowest BCUT2D eigenvalue weighted by molar-refractivity contribution is -0.0497. The zero-order valence-corrected chi connectivity index (χ0v) is 14.5. The molecule has 116 valence electrons. The minimum absolute atomic E-state index is 0.0150. The van der Waals surface area contributed by atoms with Gasteiger partial charge < -0.3 is 23.7 Å². The van der Waals surface area contributed by atoms with E-state index in [0.717, 1.165) is 0 Å². The summed E-state index contributed by atoms with van der Waals surface area (Å²) >= 11 is 0. The van der Waals surface area contributed by atoms with Crippen molar-refractivity contribution in [3.05, 3.63) is 29.6 Å². The van der Waals surface area contributed by atoms with E-state index < -0.39 is 13.9 Å². The Balaban J connectivity index is 5.49. The van der Waals surface area contributed by atoms with Crippen LogP contribution in [0.4, 0.5) is 0 Å². The Morgan fingerprint density at radius 2 is 1.85 bits per heavy atom. The highest BCUT2D eigenvalue weighted by Crippen LogP contribution is 2.30. The fourth-order valence-electron chi connectivity index (χ4n) is 1.78. The molecule has 1 N–H and O–H groups in total. The van der Waals surface area contributed by atoms with Crippen LogP contribution in [0.2, 0.25) is 19.6 Å². The molecule has 20 heavy (non-hydrogen) atoms. The highest BCUT2D eigenvalue weighted by Gasteiger charge is 2.37. The van der Waals surface area contributed by atoms with Crippen LogP contribution in [-0.4, -0.2) is 40.0 Å². The van der Waals surface area contributed by atoms with Gasteiger partial charge in [-0.1, -0.05) is 12.3 Å². The van der Waals surface area contributed by atoms with E-state index >= 15 is 0 Å². The molecule has 0 saturated carbocycles. The number of rotatable bonds is 8. The molecule has 0 aromatic rings. The molecule has 0 aliphatic carbocycles. The SMILES string of the molecule is C=C=C(OCOC)C(C)(O)/C(OC)=C(/C)O[Si](C)(C)C. The summed E-state index contributed by atoms with van der Waals surface area (Å²) in [5.74, 6) is 0.905. The molecule has 0 aromatic carbocycles. The highest BCUT2D eigenvalue weighted by atomic mass is 28.4. The van der Waals surface area contributed by atoms with Gasteiger partial charge in [0.25, 0.3) is 0 Å². The van der Waals surface area contributed by atoms with Gasteiger partial charge in [0.2, 0.25) is 8.32 Å². The van der Waals surface area contributed by atoms with Gasteiger partial charge in [-0.15, -0.1) is 0 Å². The van der Waals surface area contributed by atoms with E-state index in [-0.39, 0.29) is 18.3 Å². The lowest BCUT2D eigenvalue weighted by Gasteiger charge is -2.30. The van der Waals surface area contributed by atoms with Gasteiger partial charge in [0.15, 0.2) is 23.9 Å². The monoisotopic (exact) mass is 302 g/mol. The van der Waals surface area contributed by atoms with Gasteiger partial charge >= 0.3 is 0 Å². The van der Waals surface area contributed by atoms with Crippen molar-refractivity contribution in [1.29, 1.82) is 0 Å². The maximum Gasteiger partial charge on any atom is 0.241 e. The van der Waals surface area contributed by atoms with Gasteiger partial charge in [0, 0.05) is 7.11 Å². The summed E-state index contributed by atoms with van der Waals surface area (Å²) in [4.78, 5) is 0. The third kappa shape index (κ3) is 5.42. The Morgan fingerprint density at radius 1 is 1.30 bits per heavy atom. The van der Waals surface area contributed by atoms with Crippen LogP contribution in [0.15, 0.2) is 29.6 Å². The van der Waals surface area contributed by atoms with Crippen LogP contribution >= 0.6 is 0 Å². The summed E-state index contributed by atoms with van der Waals surface area (Å²) in [6.45, 7) is 12.9. The average Bonchev–Trinajstić information content (AvgIpc) is 2.27. The summed E-state index contributed by atoms with van der Waals surface area (Å²) in [5, 5.41) is 10.7. The normalized spacial score (nSPS) is 15.6. The Kier molecular flexibility index (Phi) is 7.09. The van der Waals surface area contributed by atoms with Crippen LogP contribution in [-0.2, 0) is 18.6 Å². The number of ether oxygens (including phenoxy) is 3. The summed E-state index contributed by atoms with van der Waals surface area (Å²) in [6, 6.07) is 0. The van der Waals surface area contributed by atoms with Crippen LogP contribution < -0.4 is 0 Å². The molecule has 0 saturated heterocycles. The fourth-order valence-corrected chi connectivity index (χ4v) is 2.79. The molecule has 0 fully saturated rings. The topological polar surface area (TPSA) is 57.2 Å². The maximum absolute atomic E-state index is 10.7. The van der Waals surface area contributed by atoms with E-state index in [1.165, 1.54) is 21.1 Å². The second kappa shape index (κ2) is 7.55. The van der Waals surface area contributed by atoms with E-state index in [2.05, 4.69) is 12.3 Å². The van der Waals surface area contributed by atoms with E-state index in [1.807, 2.05) is 19.6 Å². The van der Waals surface area contributed by atoms with Gasteiger partial charge in [-0.05, 0) is 33.5 Å². The standard InChI is InChI=1S/C14H26O5Si/c1-9-12(18-10-16-4)14(3,15)13(17-5)11(2)19-20(6,7)8/h15H,1,10H2,2-8H3/b13-11+. The van der Waals surface area contributed by atoms with Gasteiger partial charge in [-0.25, -0.2) is 0 Å². The summed E-state index contributed by atoms with van der Waals surface area (Å²) in [7, 11) is 1.15. The Morgan fingerprint density at radius 3 is 2.20 bits per heavy atom. The third-order valence-electron chi connectivity index (χ3n) is 2.35. The molecule has 0 aromatic heterocycles. The summed E-state index contributed by atoms with van der Waals surface area (Å²) < 4.78 is 21.3. The third-order valence-corrected chi connectivity index (χ3v) is 3.27. The van der Waals surface area contributed by atoms with E-state index in [4.69, 9.17) is 18.6 Å². The van der Waals surface area contributed by atoms with E-state index in [0.29, 0.717) is 5.76 Å². The van der Waals surface area contributed by atoms with Crippen LogP contribution in [0.5, 0.6) is 0 Å². The first-order chi connectivity index (χ1) is 9.10. The first-order valence-electron chi connectivity index (χ1n) is 6.29. The van der Waals surface area contributed by atoms with E-state index in [9.17, 15) is 5.11 Å². The molecule has 5 nitrogen and oxygen atoms in total. The summed E-state index contributed by atoms with van der Waals surface area (Å²) in [6.07, 6.45) is 0. The number of aliphatic hydroxyl groups is 1. The molecule has 1 atom stereocenters. The van der Waals surface area contributed by atoms with Crippen molar-refractivity contribution < 1.29 is 23.7 Å². The van der Waals surface area contributed by atoms with Crippen LogP contribution in [0.3, 0.4) is 0 Å². The number of allylic oxidation sites excluding steroid dienone is 1. The van der Waals surface area contributed by atoms with Crippen LogP contribution in [0.1, 0.15) is 13.8 Å². The van der Waals surface area contributed by atoms with Crippen molar-refractivity contribution in [2.75, 3.05) is 21.0 Å². The predicted octanol–water partition coefficient (Wildman–Crippen LogP) is 2.76. The van der Waals surface area contributed by atoms with Crippen molar-refractivity contribution in [2.45, 2.75) is 39.1 Å².